The molecule has 0 aromatic heterocycles. The number of hydrogen-bond donors (Lipinski definition) is 3. The molecule has 0 spiro atoms. The number of nitrogens with one attached hydrogen (secondary N) is 2. The van der Waals surface area contributed by atoms with E-state index in [2.05, 4.69) is 39.8 Å². The number of carbonyl (C=O) groups is 1. The van der Waals surface area contributed by atoms with E-state index >= 15 is 0 Å². The molecule has 1 heterocycles. The summed E-state index contributed by atoms with van der Waals surface area (Å²) in [6.45, 7) is 3.90. The van der Waals surface area contributed by atoms with Crippen molar-refractivity contribution < 1.29 is 14.6 Å². The zero-order valence-electron chi connectivity index (χ0n) is 16.4. The van der Waals surface area contributed by atoms with Crippen molar-refractivity contribution >= 4 is 5.91 Å². The van der Waals surface area contributed by atoms with Crippen LogP contribution in [0.3, 0.4) is 0 Å². The SMILES string of the molecule is CNCCOc1ccc(C(=O)NCC(O)CN2CCc3ccccc3C2)cc1. The first kappa shape index (κ1) is 20.3. The molecule has 1 aliphatic heterocycles. The minimum Gasteiger partial charge on any atom is -0.492 e. The first-order chi connectivity index (χ1) is 13.7. The van der Waals surface area contributed by atoms with Crippen LogP contribution in [0, 0.1) is 0 Å². The molecule has 1 unspecified atom stereocenters. The Balaban J connectivity index is 1.42. The van der Waals surface area contributed by atoms with Crippen molar-refractivity contribution in [3.8, 4) is 5.75 Å². The zero-order valence-corrected chi connectivity index (χ0v) is 16.4. The lowest BCUT2D eigenvalue weighted by atomic mass is 10.00. The fourth-order valence-corrected chi connectivity index (χ4v) is 3.36. The van der Waals surface area contributed by atoms with Crippen molar-refractivity contribution in [2.24, 2.45) is 0 Å². The molecule has 0 aliphatic carbocycles. The summed E-state index contributed by atoms with van der Waals surface area (Å²) in [5.41, 5.74) is 3.27. The molecule has 0 saturated carbocycles. The van der Waals surface area contributed by atoms with Crippen LogP contribution in [0.15, 0.2) is 48.5 Å². The number of likely N-dealkylation sites (N-methyl/N-ethyl adjacent to an activating group) is 1. The summed E-state index contributed by atoms with van der Waals surface area (Å²) in [5.74, 6) is 0.544. The number of benzene rings is 2. The van der Waals surface area contributed by atoms with Gasteiger partial charge in [-0.3, -0.25) is 9.69 Å². The Kier molecular flexibility index (Phi) is 7.42. The lowest BCUT2D eigenvalue weighted by Gasteiger charge is -2.30. The lowest BCUT2D eigenvalue weighted by molar-refractivity contribution is 0.0842. The van der Waals surface area contributed by atoms with Crippen LogP contribution >= 0.6 is 0 Å². The fourth-order valence-electron chi connectivity index (χ4n) is 3.36. The molecular formula is C22H29N3O3. The third-order valence-electron chi connectivity index (χ3n) is 4.91. The lowest BCUT2D eigenvalue weighted by Crippen LogP contribution is -2.42. The van der Waals surface area contributed by atoms with Gasteiger partial charge in [-0.15, -0.1) is 0 Å². The van der Waals surface area contributed by atoms with Crippen LogP contribution in [0.4, 0.5) is 0 Å². The highest BCUT2D eigenvalue weighted by Crippen LogP contribution is 2.18. The van der Waals surface area contributed by atoms with Crippen molar-refractivity contribution in [3.63, 3.8) is 0 Å². The topological polar surface area (TPSA) is 73.8 Å². The Morgan fingerprint density at radius 2 is 1.93 bits per heavy atom. The third kappa shape index (κ3) is 5.79. The maximum Gasteiger partial charge on any atom is 0.251 e. The number of fused-ring (bicyclic) bond motifs is 1. The average molecular weight is 383 g/mol. The van der Waals surface area contributed by atoms with E-state index in [1.54, 1.807) is 24.3 Å². The molecule has 6 nitrogen and oxygen atoms in total. The van der Waals surface area contributed by atoms with Gasteiger partial charge in [-0.25, -0.2) is 0 Å². The molecule has 0 radical (unpaired) electrons. The summed E-state index contributed by atoms with van der Waals surface area (Å²) < 4.78 is 5.55. The maximum atomic E-state index is 12.3. The van der Waals surface area contributed by atoms with Crippen molar-refractivity contribution in [3.05, 3.63) is 65.2 Å². The molecule has 3 N–H and O–H groups in total. The third-order valence-corrected chi connectivity index (χ3v) is 4.91. The number of aliphatic hydroxyl groups is 1. The van der Waals surface area contributed by atoms with E-state index in [0.717, 1.165) is 31.8 Å². The minimum atomic E-state index is -0.599. The van der Waals surface area contributed by atoms with E-state index in [1.165, 1.54) is 11.1 Å². The number of hydrogen-bond acceptors (Lipinski definition) is 5. The number of rotatable bonds is 9. The van der Waals surface area contributed by atoms with Crippen molar-refractivity contribution in [2.45, 2.75) is 19.1 Å². The summed E-state index contributed by atoms with van der Waals surface area (Å²) in [7, 11) is 1.87. The fraction of sp³-hybridized carbons (Fsp3) is 0.409. The number of aliphatic hydroxyl groups excluding tert-OH is 1. The molecule has 3 rings (SSSR count). The molecular weight excluding hydrogens is 354 g/mol. The number of β-amino-alcohol motifs (C(OH)–C–C–N with tert-alkyl or cyclic N) is 1. The van der Waals surface area contributed by atoms with Gasteiger partial charge in [0.1, 0.15) is 12.4 Å². The van der Waals surface area contributed by atoms with E-state index in [-0.39, 0.29) is 12.5 Å². The molecule has 2 aromatic rings. The zero-order chi connectivity index (χ0) is 19.8. The van der Waals surface area contributed by atoms with Crippen LogP contribution < -0.4 is 15.4 Å². The monoisotopic (exact) mass is 383 g/mol. The minimum absolute atomic E-state index is 0.190. The molecule has 2 aromatic carbocycles. The predicted octanol–water partition coefficient (Wildman–Crippen LogP) is 1.43. The van der Waals surface area contributed by atoms with Gasteiger partial charge < -0.3 is 20.5 Å². The van der Waals surface area contributed by atoms with Gasteiger partial charge in [-0.2, -0.15) is 0 Å². The largest absolute Gasteiger partial charge is 0.492 e. The normalized spacial score (nSPS) is 14.9. The molecule has 1 amide bonds. The Hall–Kier alpha value is -2.41. The molecule has 0 fully saturated rings. The Morgan fingerprint density at radius 1 is 1.18 bits per heavy atom. The van der Waals surface area contributed by atoms with Gasteiger partial charge in [0.2, 0.25) is 0 Å². The van der Waals surface area contributed by atoms with Gasteiger partial charge in [0.05, 0.1) is 6.10 Å². The second kappa shape index (κ2) is 10.2. The van der Waals surface area contributed by atoms with Gasteiger partial charge in [0, 0.05) is 38.3 Å². The molecule has 150 valence electrons. The Morgan fingerprint density at radius 3 is 2.68 bits per heavy atom. The molecule has 1 atom stereocenters. The second-order valence-electron chi connectivity index (χ2n) is 7.09. The van der Waals surface area contributed by atoms with E-state index in [1.807, 2.05) is 7.05 Å². The number of amides is 1. The molecule has 6 heteroatoms. The van der Waals surface area contributed by atoms with E-state index in [9.17, 15) is 9.90 Å². The Bertz CT molecular complexity index is 764. The number of ether oxygens (including phenoxy) is 1. The molecule has 28 heavy (non-hydrogen) atoms. The predicted molar refractivity (Wildman–Crippen MR) is 110 cm³/mol. The first-order valence-electron chi connectivity index (χ1n) is 9.78. The average Bonchev–Trinajstić information content (AvgIpc) is 2.72. The molecule has 0 bridgehead atoms. The van der Waals surface area contributed by atoms with E-state index in [4.69, 9.17) is 4.74 Å². The molecule has 1 aliphatic rings. The van der Waals surface area contributed by atoms with Crippen molar-refractivity contribution in [1.82, 2.24) is 15.5 Å². The summed E-state index contributed by atoms with van der Waals surface area (Å²) in [6.07, 6.45) is 0.399. The van der Waals surface area contributed by atoms with Gasteiger partial charge in [0.25, 0.3) is 5.91 Å². The van der Waals surface area contributed by atoms with Gasteiger partial charge in [-0.1, -0.05) is 24.3 Å². The second-order valence-corrected chi connectivity index (χ2v) is 7.09. The highest BCUT2D eigenvalue weighted by Gasteiger charge is 2.18. The van der Waals surface area contributed by atoms with Crippen LogP contribution in [0.1, 0.15) is 21.5 Å². The van der Waals surface area contributed by atoms with E-state index < -0.39 is 6.10 Å². The van der Waals surface area contributed by atoms with Gasteiger partial charge in [-0.05, 0) is 48.9 Å². The van der Waals surface area contributed by atoms with Crippen LogP contribution in [0.5, 0.6) is 5.75 Å². The summed E-state index contributed by atoms with van der Waals surface area (Å²) in [6, 6.07) is 15.5. The van der Waals surface area contributed by atoms with Crippen LogP contribution in [0.25, 0.3) is 0 Å². The quantitative estimate of drug-likeness (QED) is 0.572. The van der Waals surface area contributed by atoms with Crippen LogP contribution in [-0.2, 0) is 13.0 Å². The van der Waals surface area contributed by atoms with Gasteiger partial charge in [0.15, 0.2) is 0 Å². The number of carbonyl (C=O) groups excluding carboxylic acids is 1. The summed E-state index contributed by atoms with van der Waals surface area (Å²) in [4.78, 5) is 14.5. The summed E-state index contributed by atoms with van der Waals surface area (Å²) >= 11 is 0. The first-order valence-corrected chi connectivity index (χ1v) is 9.78. The van der Waals surface area contributed by atoms with Crippen LogP contribution in [-0.4, -0.2) is 61.9 Å². The highest BCUT2D eigenvalue weighted by molar-refractivity contribution is 5.94. The van der Waals surface area contributed by atoms with Crippen molar-refractivity contribution in [2.75, 3.05) is 39.8 Å². The highest BCUT2D eigenvalue weighted by atomic mass is 16.5. The van der Waals surface area contributed by atoms with Crippen molar-refractivity contribution in [1.29, 1.82) is 0 Å². The van der Waals surface area contributed by atoms with E-state index in [0.29, 0.717) is 18.7 Å². The summed E-state index contributed by atoms with van der Waals surface area (Å²) in [5, 5.41) is 16.2. The van der Waals surface area contributed by atoms with Gasteiger partial charge >= 0.3 is 0 Å². The molecule has 0 saturated heterocycles. The maximum absolute atomic E-state index is 12.3. The van der Waals surface area contributed by atoms with Crippen LogP contribution in [0.2, 0.25) is 0 Å². The Labute approximate surface area is 166 Å². The smallest absolute Gasteiger partial charge is 0.251 e. The number of nitrogens with zero attached hydrogens (tertiary/aromatic N) is 1. The standard InChI is InChI=1S/C22H29N3O3/c1-23-11-13-28-21-8-6-18(7-9-21)22(27)24-14-20(26)16-25-12-10-17-4-2-3-5-19(17)15-25/h2-9,20,23,26H,10-16H2,1H3,(H,24,27).